The standard InChI is InChI=1S/C12H17N3O2S/c1-7(6-17-4)13-11(16)10-5-9-8(2)14-15(3)12(9)18-10/h5,7H,6H2,1-4H3,(H,13,16). The van der Waals surface area contributed by atoms with Gasteiger partial charge in [0.05, 0.1) is 17.2 Å². The van der Waals surface area contributed by atoms with Crippen LogP contribution in [0.25, 0.3) is 10.2 Å². The van der Waals surface area contributed by atoms with E-state index in [2.05, 4.69) is 10.4 Å². The topological polar surface area (TPSA) is 56.1 Å². The number of hydrogen-bond acceptors (Lipinski definition) is 4. The molecule has 6 heteroatoms. The smallest absolute Gasteiger partial charge is 0.261 e. The third-order valence-corrected chi connectivity index (χ3v) is 3.91. The van der Waals surface area contributed by atoms with Crippen molar-refractivity contribution in [3.63, 3.8) is 0 Å². The second-order valence-corrected chi connectivity index (χ2v) is 5.40. The summed E-state index contributed by atoms with van der Waals surface area (Å²) in [5.41, 5.74) is 0.952. The predicted molar refractivity (Wildman–Crippen MR) is 72.1 cm³/mol. The number of hydrogen-bond donors (Lipinski definition) is 1. The number of amides is 1. The van der Waals surface area contributed by atoms with Gasteiger partial charge in [0.25, 0.3) is 5.91 Å². The highest BCUT2D eigenvalue weighted by Gasteiger charge is 2.16. The number of carbonyl (C=O) groups excluding carboxylic acids is 1. The van der Waals surface area contributed by atoms with Crippen molar-refractivity contribution in [3.05, 3.63) is 16.6 Å². The van der Waals surface area contributed by atoms with Gasteiger partial charge in [-0.3, -0.25) is 9.48 Å². The molecule has 2 aromatic rings. The molecule has 0 fully saturated rings. The minimum absolute atomic E-state index is 0.00642. The predicted octanol–water partition coefficient (Wildman–Crippen LogP) is 1.71. The van der Waals surface area contributed by atoms with Crippen LogP contribution in [0.2, 0.25) is 0 Å². The minimum Gasteiger partial charge on any atom is -0.383 e. The van der Waals surface area contributed by atoms with Gasteiger partial charge in [-0.2, -0.15) is 5.10 Å². The summed E-state index contributed by atoms with van der Waals surface area (Å²) in [7, 11) is 3.51. The molecule has 1 N–H and O–H groups in total. The lowest BCUT2D eigenvalue weighted by atomic mass is 10.3. The molecule has 2 rings (SSSR count). The van der Waals surface area contributed by atoms with Crippen LogP contribution in [-0.4, -0.2) is 35.4 Å². The Balaban J connectivity index is 2.21. The van der Waals surface area contributed by atoms with E-state index in [9.17, 15) is 4.79 Å². The first kappa shape index (κ1) is 13.0. The number of aromatic nitrogens is 2. The second-order valence-electron chi connectivity index (χ2n) is 4.37. The van der Waals surface area contributed by atoms with Gasteiger partial charge in [0, 0.05) is 25.6 Å². The van der Waals surface area contributed by atoms with Crippen LogP contribution in [0.15, 0.2) is 6.07 Å². The molecule has 18 heavy (non-hydrogen) atoms. The monoisotopic (exact) mass is 267 g/mol. The average molecular weight is 267 g/mol. The third-order valence-electron chi connectivity index (χ3n) is 2.71. The molecule has 0 saturated carbocycles. The van der Waals surface area contributed by atoms with Gasteiger partial charge in [-0.1, -0.05) is 0 Å². The maximum Gasteiger partial charge on any atom is 0.261 e. The van der Waals surface area contributed by atoms with E-state index in [1.54, 1.807) is 7.11 Å². The molecule has 98 valence electrons. The van der Waals surface area contributed by atoms with Crippen molar-refractivity contribution in [1.29, 1.82) is 0 Å². The van der Waals surface area contributed by atoms with Gasteiger partial charge >= 0.3 is 0 Å². The lowest BCUT2D eigenvalue weighted by molar-refractivity contribution is 0.0909. The number of methoxy groups -OCH3 is 1. The van der Waals surface area contributed by atoms with Crippen molar-refractivity contribution in [2.75, 3.05) is 13.7 Å². The largest absolute Gasteiger partial charge is 0.383 e. The fourth-order valence-corrected chi connectivity index (χ4v) is 2.93. The van der Waals surface area contributed by atoms with Gasteiger partial charge in [-0.15, -0.1) is 11.3 Å². The number of fused-ring (bicyclic) bond motifs is 1. The quantitative estimate of drug-likeness (QED) is 0.917. The normalized spacial score (nSPS) is 12.9. The fraction of sp³-hybridized carbons (Fsp3) is 0.500. The molecule has 0 aliphatic carbocycles. The zero-order chi connectivity index (χ0) is 13.3. The SMILES string of the molecule is COCC(C)NC(=O)c1cc2c(C)nn(C)c2s1. The van der Waals surface area contributed by atoms with E-state index in [1.807, 2.05) is 31.6 Å². The third kappa shape index (κ3) is 2.39. The van der Waals surface area contributed by atoms with Crippen molar-refractivity contribution < 1.29 is 9.53 Å². The van der Waals surface area contributed by atoms with Crippen LogP contribution < -0.4 is 5.32 Å². The molecule has 2 heterocycles. The number of carbonyl (C=O) groups is 1. The number of rotatable bonds is 4. The minimum atomic E-state index is -0.0554. The van der Waals surface area contributed by atoms with Crippen LogP contribution in [0.1, 0.15) is 22.3 Å². The summed E-state index contributed by atoms with van der Waals surface area (Å²) in [6, 6.07) is 1.91. The molecule has 1 amide bonds. The molecule has 2 aromatic heterocycles. The highest BCUT2D eigenvalue weighted by molar-refractivity contribution is 7.20. The summed E-state index contributed by atoms with van der Waals surface area (Å²) in [5.74, 6) is -0.0554. The van der Waals surface area contributed by atoms with Crippen LogP contribution in [0, 0.1) is 6.92 Å². The first-order chi connectivity index (χ1) is 8.52. The zero-order valence-corrected chi connectivity index (χ0v) is 11.8. The molecule has 0 saturated heterocycles. The summed E-state index contributed by atoms with van der Waals surface area (Å²) in [6.07, 6.45) is 0. The van der Waals surface area contributed by atoms with Crippen molar-refractivity contribution >= 4 is 27.5 Å². The van der Waals surface area contributed by atoms with Gasteiger partial charge in [-0.05, 0) is 19.9 Å². The van der Waals surface area contributed by atoms with E-state index in [-0.39, 0.29) is 11.9 Å². The van der Waals surface area contributed by atoms with Crippen LogP contribution >= 0.6 is 11.3 Å². The van der Waals surface area contributed by atoms with E-state index in [4.69, 9.17) is 4.74 Å². The number of ether oxygens (including phenoxy) is 1. The Hall–Kier alpha value is -1.40. The summed E-state index contributed by atoms with van der Waals surface area (Å²) in [4.78, 5) is 13.8. The molecule has 0 bridgehead atoms. The van der Waals surface area contributed by atoms with E-state index in [0.29, 0.717) is 11.5 Å². The number of nitrogens with one attached hydrogen (secondary N) is 1. The Morgan fingerprint density at radius 2 is 2.39 bits per heavy atom. The zero-order valence-electron chi connectivity index (χ0n) is 11.0. The maximum atomic E-state index is 12.0. The Kier molecular flexibility index (Phi) is 3.68. The Morgan fingerprint density at radius 3 is 3.00 bits per heavy atom. The molecule has 1 atom stereocenters. The van der Waals surface area contributed by atoms with Gasteiger partial charge in [0.15, 0.2) is 0 Å². The van der Waals surface area contributed by atoms with Crippen LogP contribution in [0.4, 0.5) is 0 Å². The Bertz CT molecular complexity index is 539. The molecule has 5 nitrogen and oxygen atoms in total. The number of thiophene rings is 1. The first-order valence-corrected chi connectivity index (χ1v) is 6.57. The van der Waals surface area contributed by atoms with Gasteiger partial charge in [-0.25, -0.2) is 0 Å². The highest BCUT2D eigenvalue weighted by atomic mass is 32.1. The highest BCUT2D eigenvalue weighted by Crippen LogP contribution is 2.27. The molecule has 0 aromatic carbocycles. The Morgan fingerprint density at radius 1 is 1.67 bits per heavy atom. The van der Waals surface area contributed by atoms with Crippen LogP contribution in [0.5, 0.6) is 0 Å². The van der Waals surface area contributed by atoms with Gasteiger partial charge in [0.1, 0.15) is 4.83 Å². The van der Waals surface area contributed by atoms with E-state index in [0.717, 1.165) is 15.9 Å². The van der Waals surface area contributed by atoms with Gasteiger partial charge in [0.2, 0.25) is 0 Å². The van der Waals surface area contributed by atoms with Crippen molar-refractivity contribution in [3.8, 4) is 0 Å². The lowest BCUT2D eigenvalue weighted by Crippen LogP contribution is -2.35. The Labute approximate surface area is 110 Å². The molecule has 0 aliphatic heterocycles. The molecule has 0 spiro atoms. The fourth-order valence-electron chi connectivity index (χ4n) is 1.90. The van der Waals surface area contributed by atoms with Gasteiger partial charge < -0.3 is 10.1 Å². The van der Waals surface area contributed by atoms with E-state index >= 15 is 0 Å². The van der Waals surface area contributed by atoms with Crippen molar-refractivity contribution in [2.24, 2.45) is 7.05 Å². The molecular formula is C12H17N3O2S. The molecular weight excluding hydrogens is 250 g/mol. The first-order valence-electron chi connectivity index (χ1n) is 5.76. The van der Waals surface area contributed by atoms with Crippen molar-refractivity contribution in [2.45, 2.75) is 19.9 Å². The number of nitrogens with zero attached hydrogens (tertiary/aromatic N) is 2. The van der Waals surface area contributed by atoms with E-state index < -0.39 is 0 Å². The summed E-state index contributed by atoms with van der Waals surface area (Å²) >= 11 is 1.46. The second kappa shape index (κ2) is 5.07. The van der Waals surface area contributed by atoms with Crippen LogP contribution in [0.3, 0.4) is 0 Å². The molecule has 0 aliphatic rings. The van der Waals surface area contributed by atoms with E-state index in [1.165, 1.54) is 11.3 Å². The average Bonchev–Trinajstić information content (AvgIpc) is 2.82. The molecule has 1 unspecified atom stereocenters. The molecule has 0 radical (unpaired) electrons. The summed E-state index contributed by atoms with van der Waals surface area (Å²) in [6.45, 7) is 4.38. The lowest BCUT2D eigenvalue weighted by Gasteiger charge is -2.11. The van der Waals surface area contributed by atoms with Crippen molar-refractivity contribution in [1.82, 2.24) is 15.1 Å². The summed E-state index contributed by atoms with van der Waals surface area (Å²) in [5, 5.41) is 8.27. The number of aryl methyl sites for hydroxylation is 2. The summed E-state index contributed by atoms with van der Waals surface area (Å²) < 4.78 is 6.81. The van der Waals surface area contributed by atoms with Crippen LogP contribution in [-0.2, 0) is 11.8 Å². The maximum absolute atomic E-state index is 12.0.